The Balaban J connectivity index is 0.00000180. The average Bonchev–Trinajstić information content (AvgIpc) is 2.39. The number of rotatable bonds is 4. The molecule has 102 valence electrons. The van der Waals surface area contributed by atoms with Gasteiger partial charge < -0.3 is 10.8 Å². The Morgan fingerprint density at radius 1 is 1.00 bits per heavy atom. The monoisotopic (exact) mass is 297 g/mol. The van der Waals surface area contributed by atoms with Crippen molar-refractivity contribution in [2.45, 2.75) is 18.6 Å². The first-order valence-electron chi connectivity index (χ1n) is 5.90. The lowest BCUT2D eigenvalue weighted by Crippen LogP contribution is -2.28. The van der Waals surface area contributed by atoms with Gasteiger partial charge in [0.1, 0.15) is 0 Å². The summed E-state index contributed by atoms with van der Waals surface area (Å²) in [4.78, 5) is 0. The molecule has 0 saturated carbocycles. The largest absolute Gasteiger partial charge is 0.391 e. The van der Waals surface area contributed by atoms with Crippen LogP contribution in [0.5, 0.6) is 0 Å². The highest BCUT2D eigenvalue weighted by molar-refractivity contribution is 6.31. The summed E-state index contributed by atoms with van der Waals surface area (Å²) in [6, 6.07) is 16.7. The normalized spacial score (nSPS) is 13.4. The minimum absolute atomic E-state index is 0. The molecule has 0 fully saturated rings. The van der Waals surface area contributed by atoms with Crippen LogP contribution in [0, 0.1) is 0 Å². The summed E-state index contributed by atoms with van der Waals surface area (Å²) in [6.07, 6.45) is -0.125. The minimum atomic E-state index is -0.646. The SMILES string of the molecule is Cl.N[C@H](c1ccccc1Cl)[C@@H](O)Cc1ccccc1. The molecule has 19 heavy (non-hydrogen) atoms. The molecule has 2 aromatic carbocycles. The third-order valence-corrected chi connectivity index (χ3v) is 3.31. The summed E-state index contributed by atoms with van der Waals surface area (Å²) >= 11 is 6.08. The molecule has 2 nitrogen and oxygen atoms in total. The van der Waals surface area contributed by atoms with Crippen molar-refractivity contribution in [3.05, 3.63) is 70.7 Å². The number of nitrogens with two attached hydrogens (primary N) is 1. The molecule has 2 rings (SSSR count). The lowest BCUT2D eigenvalue weighted by Gasteiger charge is -2.20. The second kappa shape index (κ2) is 7.51. The van der Waals surface area contributed by atoms with Crippen LogP contribution in [0.4, 0.5) is 0 Å². The third kappa shape index (κ3) is 4.22. The summed E-state index contributed by atoms with van der Waals surface area (Å²) in [5.41, 5.74) is 7.90. The zero-order chi connectivity index (χ0) is 13.0. The molecule has 2 atom stereocenters. The molecule has 3 N–H and O–H groups in total. The van der Waals surface area contributed by atoms with Gasteiger partial charge in [0.25, 0.3) is 0 Å². The molecule has 0 aliphatic carbocycles. The standard InChI is InChI=1S/C15H16ClNO.ClH/c16-13-9-5-4-8-12(13)15(17)14(18)10-11-6-2-1-3-7-11;/h1-9,14-15,18H,10,17H2;1H/t14-,15+;/m0./s1. The molecule has 0 aromatic heterocycles. The van der Waals surface area contributed by atoms with Gasteiger partial charge >= 0.3 is 0 Å². The quantitative estimate of drug-likeness (QED) is 0.909. The maximum Gasteiger partial charge on any atom is 0.0773 e. The molecule has 0 aliphatic heterocycles. The topological polar surface area (TPSA) is 46.2 Å². The Hall–Kier alpha value is -1.06. The third-order valence-electron chi connectivity index (χ3n) is 2.97. The Bertz CT molecular complexity index is 505. The van der Waals surface area contributed by atoms with Crippen molar-refractivity contribution in [1.82, 2.24) is 0 Å². The molecule has 0 radical (unpaired) electrons. The van der Waals surface area contributed by atoms with Crippen LogP contribution in [0.25, 0.3) is 0 Å². The van der Waals surface area contributed by atoms with E-state index >= 15 is 0 Å². The smallest absolute Gasteiger partial charge is 0.0773 e. The van der Waals surface area contributed by atoms with E-state index in [2.05, 4.69) is 0 Å². The molecule has 0 heterocycles. The summed E-state index contributed by atoms with van der Waals surface area (Å²) in [5.74, 6) is 0. The van der Waals surface area contributed by atoms with E-state index in [1.165, 1.54) is 0 Å². The molecule has 2 aromatic rings. The van der Waals surface area contributed by atoms with Crippen molar-refractivity contribution >= 4 is 24.0 Å². The van der Waals surface area contributed by atoms with Crippen LogP contribution in [0.15, 0.2) is 54.6 Å². The number of aliphatic hydroxyl groups excluding tert-OH is 1. The Morgan fingerprint density at radius 2 is 1.58 bits per heavy atom. The van der Waals surface area contributed by atoms with E-state index in [4.69, 9.17) is 17.3 Å². The number of hydrogen-bond acceptors (Lipinski definition) is 2. The second-order valence-corrected chi connectivity index (χ2v) is 4.71. The predicted molar refractivity (Wildman–Crippen MR) is 81.8 cm³/mol. The zero-order valence-corrected chi connectivity index (χ0v) is 11.9. The van der Waals surface area contributed by atoms with Gasteiger partial charge in [-0.1, -0.05) is 60.1 Å². The lowest BCUT2D eigenvalue weighted by atomic mass is 9.97. The summed E-state index contributed by atoms with van der Waals surface area (Å²) in [7, 11) is 0. The van der Waals surface area contributed by atoms with E-state index in [0.29, 0.717) is 11.4 Å². The van der Waals surface area contributed by atoms with Crippen molar-refractivity contribution in [2.24, 2.45) is 5.73 Å². The van der Waals surface area contributed by atoms with Crippen molar-refractivity contribution in [1.29, 1.82) is 0 Å². The molecular formula is C15H17Cl2NO. The fraction of sp³-hybridized carbons (Fsp3) is 0.200. The van der Waals surface area contributed by atoms with Gasteiger partial charge in [0.2, 0.25) is 0 Å². The molecular weight excluding hydrogens is 281 g/mol. The van der Waals surface area contributed by atoms with Crippen LogP contribution in [-0.2, 0) is 6.42 Å². The fourth-order valence-corrected chi connectivity index (χ4v) is 2.20. The fourth-order valence-electron chi connectivity index (χ4n) is 1.94. The predicted octanol–water partition coefficient (Wildman–Crippen LogP) is 3.37. The van der Waals surface area contributed by atoms with Crippen LogP contribution in [0.2, 0.25) is 5.02 Å². The first-order valence-corrected chi connectivity index (χ1v) is 6.28. The maximum atomic E-state index is 10.2. The first kappa shape index (κ1) is 16.0. The first-order chi connectivity index (χ1) is 8.68. The summed E-state index contributed by atoms with van der Waals surface area (Å²) in [6.45, 7) is 0. The van der Waals surface area contributed by atoms with Crippen LogP contribution < -0.4 is 5.73 Å². The van der Waals surface area contributed by atoms with Crippen LogP contribution in [-0.4, -0.2) is 11.2 Å². The van der Waals surface area contributed by atoms with Crippen LogP contribution >= 0.6 is 24.0 Å². The molecule has 0 spiro atoms. The molecule has 0 saturated heterocycles. The highest BCUT2D eigenvalue weighted by Crippen LogP contribution is 2.24. The molecule has 0 unspecified atom stereocenters. The molecule has 0 amide bonds. The van der Waals surface area contributed by atoms with E-state index in [1.54, 1.807) is 6.07 Å². The van der Waals surface area contributed by atoms with E-state index in [-0.39, 0.29) is 12.4 Å². The second-order valence-electron chi connectivity index (χ2n) is 4.30. The Labute approximate surface area is 124 Å². The number of hydrogen-bond donors (Lipinski definition) is 2. The van der Waals surface area contributed by atoms with Gasteiger partial charge in [-0.15, -0.1) is 12.4 Å². The van der Waals surface area contributed by atoms with Crippen molar-refractivity contribution < 1.29 is 5.11 Å². The van der Waals surface area contributed by atoms with Crippen molar-refractivity contribution in [2.75, 3.05) is 0 Å². The molecule has 4 heteroatoms. The van der Waals surface area contributed by atoms with Crippen LogP contribution in [0.3, 0.4) is 0 Å². The average molecular weight is 298 g/mol. The van der Waals surface area contributed by atoms with Gasteiger partial charge in [-0.25, -0.2) is 0 Å². The van der Waals surface area contributed by atoms with Crippen LogP contribution in [0.1, 0.15) is 17.2 Å². The summed E-state index contributed by atoms with van der Waals surface area (Å²) in [5, 5.41) is 10.8. The molecule has 0 bridgehead atoms. The highest BCUT2D eigenvalue weighted by atomic mass is 35.5. The van der Waals surface area contributed by atoms with Crippen molar-refractivity contribution in [3.63, 3.8) is 0 Å². The Morgan fingerprint density at radius 3 is 2.21 bits per heavy atom. The number of aliphatic hydroxyl groups is 1. The van der Waals surface area contributed by atoms with E-state index in [0.717, 1.165) is 11.1 Å². The lowest BCUT2D eigenvalue weighted by molar-refractivity contribution is 0.145. The molecule has 0 aliphatic rings. The van der Waals surface area contributed by atoms with Gasteiger partial charge in [0.05, 0.1) is 12.1 Å². The highest BCUT2D eigenvalue weighted by Gasteiger charge is 2.19. The van der Waals surface area contributed by atoms with Gasteiger partial charge in [-0.2, -0.15) is 0 Å². The van der Waals surface area contributed by atoms with E-state index in [9.17, 15) is 5.11 Å². The maximum absolute atomic E-state index is 10.2. The van der Waals surface area contributed by atoms with Gasteiger partial charge in [0.15, 0.2) is 0 Å². The zero-order valence-electron chi connectivity index (χ0n) is 10.4. The van der Waals surface area contributed by atoms with Gasteiger partial charge in [-0.3, -0.25) is 0 Å². The number of halogens is 2. The van der Waals surface area contributed by atoms with E-state index < -0.39 is 12.1 Å². The van der Waals surface area contributed by atoms with Gasteiger partial charge in [-0.05, 0) is 17.2 Å². The van der Waals surface area contributed by atoms with E-state index in [1.807, 2.05) is 48.5 Å². The van der Waals surface area contributed by atoms with Gasteiger partial charge in [0, 0.05) is 11.4 Å². The minimum Gasteiger partial charge on any atom is -0.391 e. The Kier molecular flexibility index (Phi) is 6.32. The number of benzene rings is 2. The van der Waals surface area contributed by atoms with Crippen molar-refractivity contribution in [3.8, 4) is 0 Å². The summed E-state index contributed by atoms with van der Waals surface area (Å²) < 4.78 is 0.